The van der Waals surface area contributed by atoms with Crippen molar-refractivity contribution in [1.29, 1.82) is 0 Å². The fourth-order valence-electron chi connectivity index (χ4n) is 3.83. The number of anilines is 1. The number of amides is 3. The highest BCUT2D eigenvalue weighted by molar-refractivity contribution is 6.08. The molecule has 2 aliphatic rings. The van der Waals surface area contributed by atoms with E-state index in [2.05, 4.69) is 5.32 Å². The largest absolute Gasteiger partial charge is 0.497 e. The van der Waals surface area contributed by atoms with Crippen molar-refractivity contribution < 1.29 is 28.7 Å². The van der Waals surface area contributed by atoms with E-state index < -0.39 is 24.5 Å². The van der Waals surface area contributed by atoms with Crippen LogP contribution in [0.4, 0.5) is 5.69 Å². The molecule has 1 heterocycles. The summed E-state index contributed by atoms with van der Waals surface area (Å²) in [5.41, 5.74) is 0.502. The Morgan fingerprint density at radius 1 is 1.18 bits per heavy atom. The van der Waals surface area contributed by atoms with Crippen LogP contribution < -0.4 is 10.1 Å². The number of esters is 1. The highest BCUT2D eigenvalue weighted by Crippen LogP contribution is 2.38. The molecule has 0 aromatic heterocycles. The first-order valence-corrected chi connectivity index (χ1v) is 9.40. The molecule has 2 fully saturated rings. The van der Waals surface area contributed by atoms with Gasteiger partial charge in [-0.2, -0.15) is 0 Å². The SMILES string of the molecule is COc1cccc(NC(=O)COC(=O)[C@H](C)N2C(=O)C3CCCCC3C2=O)c1. The molecule has 0 radical (unpaired) electrons. The van der Waals surface area contributed by atoms with Gasteiger partial charge in [-0.25, -0.2) is 4.79 Å². The Labute approximate surface area is 163 Å². The Bertz CT molecular complexity index is 769. The van der Waals surface area contributed by atoms with Gasteiger partial charge in [0.2, 0.25) is 11.8 Å². The van der Waals surface area contributed by atoms with E-state index >= 15 is 0 Å². The maximum atomic E-state index is 12.5. The molecule has 3 amide bonds. The van der Waals surface area contributed by atoms with Gasteiger partial charge in [0.05, 0.1) is 18.9 Å². The second kappa shape index (κ2) is 8.41. The summed E-state index contributed by atoms with van der Waals surface area (Å²) in [5.74, 6) is -1.99. The summed E-state index contributed by atoms with van der Waals surface area (Å²) >= 11 is 0. The third kappa shape index (κ3) is 4.00. The molecule has 1 N–H and O–H groups in total. The lowest BCUT2D eigenvalue weighted by Crippen LogP contribution is -2.45. The Hall–Kier alpha value is -2.90. The first-order valence-electron chi connectivity index (χ1n) is 9.40. The standard InChI is InChI=1S/C20H24N2O6/c1-12(22-18(24)15-8-3-4-9-16(15)19(22)25)20(26)28-11-17(23)21-13-6-5-7-14(10-13)27-2/h5-7,10,12,15-16H,3-4,8-9,11H2,1-2H3,(H,21,23)/t12-,15?,16?/m0/s1. The summed E-state index contributed by atoms with van der Waals surface area (Å²) in [6.07, 6.45) is 3.18. The van der Waals surface area contributed by atoms with E-state index in [-0.39, 0.29) is 23.7 Å². The van der Waals surface area contributed by atoms with Crippen LogP contribution in [0.5, 0.6) is 5.75 Å². The highest BCUT2D eigenvalue weighted by atomic mass is 16.5. The minimum Gasteiger partial charge on any atom is -0.497 e. The summed E-state index contributed by atoms with van der Waals surface area (Å²) in [5, 5.41) is 2.60. The van der Waals surface area contributed by atoms with Gasteiger partial charge in [-0.1, -0.05) is 18.9 Å². The maximum Gasteiger partial charge on any atom is 0.329 e. The van der Waals surface area contributed by atoms with Crippen LogP contribution in [-0.2, 0) is 23.9 Å². The Kier molecular flexibility index (Phi) is 5.96. The fourth-order valence-corrected chi connectivity index (χ4v) is 3.83. The number of hydrogen-bond donors (Lipinski definition) is 1. The zero-order valence-electron chi connectivity index (χ0n) is 16.0. The van der Waals surface area contributed by atoms with Crippen molar-refractivity contribution in [3.63, 3.8) is 0 Å². The van der Waals surface area contributed by atoms with Crippen molar-refractivity contribution >= 4 is 29.4 Å². The first kappa shape index (κ1) is 19.9. The van der Waals surface area contributed by atoms with Crippen LogP contribution in [0.25, 0.3) is 0 Å². The molecule has 150 valence electrons. The summed E-state index contributed by atoms with van der Waals surface area (Å²) in [7, 11) is 1.52. The number of carbonyl (C=O) groups is 4. The van der Waals surface area contributed by atoms with Gasteiger partial charge in [-0.15, -0.1) is 0 Å². The molecule has 28 heavy (non-hydrogen) atoms. The van der Waals surface area contributed by atoms with Crippen molar-refractivity contribution in [2.24, 2.45) is 11.8 Å². The van der Waals surface area contributed by atoms with E-state index in [0.717, 1.165) is 17.7 Å². The van der Waals surface area contributed by atoms with Gasteiger partial charge in [0.1, 0.15) is 11.8 Å². The predicted molar refractivity (Wildman–Crippen MR) is 99.3 cm³/mol. The maximum absolute atomic E-state index is 12.5. The summed E-state index contributed by atoms with van der Waals surface area (Å²) in [6.45, 7) is 0.943. The number of likely N-dealkylation sites (tertiary alicyclic amines) is 1. The number of methoxy groups -OCH3 is 1. The highest BCUT2D eigenvalue weighted by Gasteiger charge is 2.51. The van der Waals surface area contributed by atoms with Crippen LogP contribution in [0.1, 0.15) is 32.6 Å². The number of hydrogen-bond acceptors (Lipinski definition) is 6. The molecule has 1 aromatic carbocycles. The number of imide groups is 1. The van der Waals surface area contributed by atoms with Crippen LogP contribution in [0.2, 0.25) is 0 Å². The average Bonchev–Trinajstić information content (AvgIpc) is 2.96. The molecule has 1 saturated heterocycles. The van der Waals surface area contributed by atoms with Crippen molar-refractivity contribution in [3.05, 3.63) is 24.3 Å². The number of ether oxygens (including phenoxy) is 2. The van der Waals surface area contributed by atoms with Crippen molar-refractivity contribution in [2.75, 3.05) is 19.0 Å². The van der Waals surface area contributed by atoms with E-state index in [4.69, 9.17) is 9.47 Å². The number of carbonyl (C=O) groups excluding carboxylic acids is 4. The molecule has 8 heteroatoms. The fraction of sp³-hybridized carbons (Fsp3) is 0.500. The van der Waals surface area contributed by atoms with Crippen molar-refractivity contribution in [2.45, 2.75) is 38.6 Å². The Morgan fingerprint density at radius 2 is 1.82 bits per heavy atom. The normalized spacial score (nSPS) is 22.4. The number of nitrogens with one attached hydrogen (secondary N) is 1. The second-order valence-corrected chi connectivity index (χ2v) is 7.11. The number of fused-ring (bicyclic) bond motifs is 1. The summed E-state index contributed by atoms with van der Waals surface area (Å²) < 4.78 is 10.1. The lowest BCUT2D eigenvalue weighted by atomic mass is 9.81. The summed E-state index contributed by atoms with van der Waals surface area (Å²) in [4.78, 5) is 50.4. The van der Waals surface area contributed by atoms with Gasteiger partial charge in [0.25, 0.3) is 5.91 Å². The number of rotatable bonds is 6. The van der Waals surface area contributed by atoms with Crippen LogP contribution in [0.15, 0.2) is 24.3 Å². The Morgan fingerprint density at radius 3 is 2.43 bits per heavy atom. The van der Waals surface area contributed by atoms with Crippen LogP contribution in [0.3, 0.4) is 0 Å². The van der Waals surface area contributed by atoms with E-state index in [9.17, 15) is 19.2 Å². The second-order valence-electron chi connectivity index (χ2n) is 7.11. The zero-order valence-corrected chi connectivity index (χ0v) is 16.0. The molecule has 1 aliphatic carbocycles. The minimum atomic E-state index is -1.05. The monoisotopic (exact) mass is 388 g/mol. The smallest absolute Gasteiger partial charge is 0.329 e. The van der Waals surface area contributed by atoms with Gasteiger partial charge in [0, 0.05) is 11.8 Å². The molecule has 0 spiro atoms. The van der Waals surface area contributed by atoms with Gasteiger partial charge < -0.3 is 14.8 Å². The van der Waals surface area contributed by atoms with Gasteiger partial charge in [-0.05, 0) is 31.9 Å². The van der Waals surface area contributed by atoms with Gasteiger partial charge in [0.15, 0.2) is 6.61 Å². The third-order valence-electron chi connectivity index (χ3n) is 5.30. The van der Waals surface area contributed by atoms with Gasteiger partial charge in [-0.3, -0.25) is 19.3 Å². The molecule has 0 bridgehead atoms. The zero-order chi connectivity index (χ0) is 20.3. The van der Waals surface area contributed by atoms with Crippen LogP contribution in [0, 0.1) is 11.8 Å². The molecule has 1 aliphatic heterocycles. The van der Waals surface area contributed by atoms with Crippen LogP contribution >= 0.6 is 0 Å². The third-order valence-corrected chi connectivity index (χ3v) is 5.30. The van der Waals surface area contributed by atoms with Gasteiger partial charge >= 0.3 is 5.97 Å². The van der Waals surface area contributed by atoms with E-state index in [1.807, 2.05) is 0 Å². The molecular formula is C20H24N2O6. The van der Waals surface area contributed by atoms with E-state index in [1.165, 1.54) is 14.0 Å². The molecule has 3 atom stereocenters. The first-order chi connectivity index (χ1) is 13.4. The molecule has 1 saturated carbocycles. The lowest BCUT2D eigenvalue weighted by molar-refractivity contribution is -0.159. The Balaban J connectivity index is 1.54. The molecule has 1 aromatic rings. The molecule has 8 nitrogen and oxygen atoms in total. The van der Waals surface area contributed by atoms with Crippen molar-refractivity contribution in [1.82, 2.24) is 4.90 Å². The topological polar surface area (TPSA) is 102 Å². The minimum absolute atomic E-state index is 0.306. The number of benzene rings is 1. The van der Waals surface area contributed by atoms with Crippen LogP contribution in [-0.4, -0.2) is 48.3 Å². The average molecular weight is 388 g/mol. The van der Waals surface area contributed by atoms with E-state index in [0.29, 0.717) is 24.3 Å². The van der Waals surface area contributed by atoms with E-state index in [1.54, 1.807) is 24.3 Å². The molecule has 2 unspecified atom stereocenters. The molecule has 3 rings (SSSR count). The predicted octanol–water partition coefficient (Wildman–Crippen LogP) is 1.74. The lowest BCUT2D eigenvalue weighted by Gasteiger charge is -2.21. The summed E-state index contributed by atoms with van der Waals surface area (Å²) in [6, 6.07) is 5.71. The molecular weight excluding hydrogens is 364 g/mol. The van der Waals surface area contributed by atoms with Crippen molar-refractivity contribution in [3.8, 4) is 5.75 Å². The number of nitrogens with zero attached hydrogens (tertiary/aromatic N) is 1. The quantitative estimate of drug-likeness (QED) is 0.588.